The van der Waals surface area contributed by atoms with Gasteiger partial charge in [0, 0.05) is 6.04 Å². The van der Waals surface area contributed by atoms with Gasteiger partial charge >= 0.3 is 0 Å². The van der Waals surface area contributed by atoms with Crippen LogP contribution in [0, 0.1) is 0 Å². The van der Waals surface area contributed by atoms with Crippen molar-refractivity contribution in [2.24, 2.45) is 5.73 Å². The molecule has 2 N–H and O–H groups in total. The van der Waals surface area contributed by atoms with E-state index in [0.717, 1.165) is 6.42 Å². The molecule has 3 rings (SSSR count). The smallest absolute Gasteiger partial charge is 0.0297 e. The molecule has 1 nitrogen and oxygen atoms in total. The molecule has 86 valence electrons. The summed E-state index contributed by atoms with van der Waals surface area (Å²) in [5.41, 5.74) is 11.5. The fourth-order valence-electron chi connectivity index (χ4n) is 2.65. The first kappa shape index (κ1) is 10.5. The first-order chi connectivity index (χ1) is 8.34. The Morgan fingerprint density at radius 1 is 0.941 bits per heavy atom. The zero-order valence-corrected chi connectivity index (χ0v) is 9.89. The van der Waals surface area contributed by atoms with E-state index >= 15 is 0 Å². The predicted octanol–water partition coefficient (Wildman–Crippen LogP) is 3.69. The topological polar surface area (TPSA) is 26.0 Å². The molecule has 17 heavy (non-hydrogen) atoms. The molecular formula is C16H17N. The molecule has 0 saturated heterocycles. The Bertz CT molecular complexity index is 516. The van der Waals surface area contributed by atoms with Gasteiger partial charge in [-0.2, -0.15) is 0 Å². The van der Waals surface area contributed by atoms with Crippen molar-refractivity contribution in [3.63, 3.8) is 0 Å². The second-order valence-electron chi connectivity index (χ2n) is 4.78. The summed E-state index contributed by atoms with van der Waals surface area (Å²) in [6, 6.07) is 17.5. The maximum atomic E-state index is 6.19. The number of hydrogen-bond acceptors (Lipinski definition) is 1. The summed E-state index contributed by atoms with van der Waals surface area (Å²) in [4.78, 5) is 0. The highest BCUT2D eigenvalue weighted by atomic mass is 14.6. The molecule has 0 heterocycles. The average Bonchev–Trinajstić information content (AvgIpc) is 2.40. The van der Waals surface area contributed by atoms with Crippen LogP contribution in [0.4, 0.5) is 0 Å². The molecule has 0 fully saturated rings. The van der Waals surface area contributed by atoms with Crippen LogP contribution in [-0.4, -0.2) is 0 Å². The zero-order valence-electron chi connectivity index (χ0n) is 9.89. The SMILES string of the molecule is NC1CCCc2ccc(-c3ccccc3)cc21. The van der Waals surface area contributed by atoms with Crippen LogP contribution in [0.2, 0.25) is 0 Å². The number of benzene rings is 2. The van der Waals surface area contributed by atoms with Gasteiger partial charge in [0.2, 0.25) is 0 Å². The van der Waals surface area contributed by atoms with Crippen molar-refractivity contribution < 1.29 is 0 Å². The van der Waals surface area contributed by atoms with Crippen LogP contribution in [0.25, 0.3) is 11.1 Å². The van der Waals surface area contributed by atoms with Gasteiger partial charge in [0.05, 0.1) is 0 Å². The largest absolute Gasteiger partial charge is 0.324 e. The maximum absolute atomic E-state index is 6.19. The van der Waals surface area contributed by atoms with Gasteiger partial charge in [0.1, 0.15) is 0 Å². The third kappa shape index (κ3) is 1.98. The van der Waals surface area contributed by atoms with Crippen molar-refractivity contribution in [3.05, 3.63) is 59.7 Å². The Morgan fingerprint density at radius 2 is 1.76 bits per heavy atom. The quantitative estimate of drug-likeness (QED) is 0.784. The minimum absolute atomic E-state index is 0.224. The lowest BCUT2D eigenvalue weighted by atomic mass is 9.86. The fraction of sp³-hybridized carbons (Fsp3) is 0.250. The van der Waals surface area contributed by atoms with E-state index in [4.69, 9.17) is 5.73 Å². The third-order valence-corrected chi connectivity index (χ3v) is 3.61. The normalized spacial score (nSPS) is 18.8. The highest BCUT2D eigenvalue weighted by Gasteiger charge is 2.16. The van der Waals surface area contributed by atoms with E-state index in [1.165, 1.54) is 35.1 Å². The Balaban J connectivity index is 2.06. The molecule has 2 aromatic rings. The molecule has 2 aromatic carbocycles. The lowest BCUT2D eigenvalue weighted by molar-refractivity contribution is 0.571. The first-order valence-corrected chi connectivity index (χ1v) is 6.28. The van der Waals surface area contributed by atoms with Crippen molar-refractivity contribution >= 4 is 0 Å². The van der Waals surface area contributed by atoms with Crippen molar-refractivity contribution in [2.75, 3.05) is 0 Å². The van der Waals surface area contributed by atoms with E-state index in [9.17, 15) is 0 Å². The van der Waals surface area contributed by atoms with Crippen molar-refractivity contribution in [3.8, 4) is 11.1 Å². The molecule has 1 unspecified atom stereocenters. The summed E-state index contributed by atoms with van der Waals surface area (Å²) in [5, 5.41) is 0. The van der Waals surface area contributed by atoms with Gasteiger partial charge in [-0.25, -0.2) is 0 Å². The Morgan fingerprint density at radius 3 is 2.59 bits per heavy atom. The summed E-state index contributed by atoms with van der Waals surface area (Å²) in [6.45, 7) is 0. The number of aryl methyl sites for hydroxylation is 1. The van der Waals surface area contributed by atoms with E-state index in [1.807, 2.05) is 6.07 Å². The van der Waals surface area contributed by atoms with Crippen LogP contribution in [-0.2, 0) is 6.42 Å². The van der Waals surface area contributed by atoms with Gasteiger partial charge in [-0.05, 0) is 47.6 Å². The van der Waals surface area contributed by atoms with E-state index < -0.39 is 0 Å². The van der Waals surface area contributed by atoms with Crippen molar-refractivity contribution in [2.45, 2.75) is 25.3 Å². The number of hydrogen-bond donors (Lipinski definition) is 1. The predicted molar refractivity (Wildman–Crippen MR) is 71.7 cm³/mol. The van der Waals surface area contributed by atoms with Crippen molar-refractivity contribution in [1.82, 2.24) is 0 Å². The van der Waals surface area contributed by atoms with Crippen LogP contribution in [0.5, 0.6) is 0 Å². The van der Waals surface area contributed by atoms with Gasteiger partial charge in [-0.3, -0.25) is 0 Å². The van der Waals surface area contributed by atoms with E-state index in [0.29, 0.717) is 0 Å². The number of rotatable bonds is 1. The molecule has 1 aliphatic carbocycles. The van der Waals surface area contributed by atoms with Crippen LogP contribution in [0.3, 0.4) is 0 Å². The summed E-state index contributed by atoms with van der Waals surface area (Å²) in [7, 11) is 0. The van der Waals surface area contributed by atoms with E-state index in [-0.39, 0.29) is 6.04 Å². The van der Waals surface area contributed by atoms with E-state index in [1.54, 1.807) is 0 Å². The van der Waals surface area contributed by atoms with Gasteiger partial charge in [0.25, 0.3) is 0 Å². The van der Waals surface area contributed by atoms with Crippen LogP contribution < -0.4 is 5.73 Å². The summed E-state index contributed by atoms with van der Waals surface area (Å²) in [5.74, 6) is 0. The molecular weight excluding hydrogens is 206 g/mol. The van der Waals surface area contributed by atoms with E-state index in [2.05, 4.69) is 42.5 Å². The molecule has 1 aliphatic rings. The highest BCUT2D eigenvalue weighted by molar-refractivity contribution is 5.65. The first-order valence-electron chi connectivity index (χ1n) is 6.28. The number of nitrogens with two attached hydrogens (primary N) is 1. The van der Waals surface area contributed by atoms with Crippen LogP contribution >= 0.6 is 0 Å². The Kier molecular flexibility index (Phi) is 2.69. The summed E-state index contributed by atoms with van der Waals surface area (Å²) >= 11 is 0. The zero-order chi connectivity index (χ0) is 11.7. The molecule has 0 amide bonds. The van der Waals surface area contributed by atoms with Gasteiger partial charge < -0.3 is 5.73 Å². The van der Waals surface area contributed by atoms with Crippen LogP contribution in [0.1, 0.15) is 30.0 Å². The molecule has 0 aromatic heterocycles. The van der Waals surface area contributed by atoms with Gasteiger partial charge in [-0.1, -0.05) is 42.5 Å². The van der Waals surface area contributed by atoms with Gasteiger partial charge in [-0.15, -0.1) is 0 Å². The molecule has 1 atom stereocenters. The fourth-order valence-corrected chi connectivity index (χ4v) is 2.65. The van der Waals surface area contributed by atoms with Crippen molar-refractivity contribution in [1.29, 1.82) is 0 Å². The highest BCUT2D eigenvalue weighted by Crippen LogP contribution is 2.31. The minimum atomic E-state index is 0.224. The second kappa shape index (κ2) is 4.34. The second-order valence-corrected chi connectivity index (χ2v) is 4.78. The molecule has 1 heteroatoms. The minimum Gasteiger partial charge on any atom is -0.324 e. The molecule has 0 radical (unpaired) electrons. The molecule has 0 aliphatic heterocycles. The maximum Gasteiger partial charge on any atom is 0.0297 e. The Hall–Kier alpha value is -1.60. The molecule has 0 spiro atoms. The Labute approximate surface area is 102 Å². The summed E-state index contributed by atoms with van der Waals surface area (Å²) in [6.07, 6.45) is 3.52. The van der Waals surface area contributed by atoms with Crippen LogP contribution in [0.15, 0.2) is 48.5 Å². The average molecular weight is 223 g/mol. The molecule has 0 saturated carbocycles. The molecule has 0 bridgehead atoms. The lowest BCUT2D eigenvalue weighted by Gasteiger charge is -2.22. The standard InChI is InChI=1S/C16H17N/c17-16-8-4-7-13-9-10-14(11-15(13)16)12-5-2-1-3-6-12/h1-3,5-6,9-11,16H,4,7-8,17H2. The lowest BCUT2D eigenvalue weighted by Crippen LogP contribution is -2.17. The summed E-state index contributed by atoms with van der Waals surface area (Å²) < 4.78 is 0. The van der Waals surface area contributed by atoms with Gasteiger partial charge in [0.15, 0.2) is 0 Å². The third-order valence-electron chi connectivity index (χ3n) is 3.61. The monoisotopic (exact) mass is 223 g/mol. The number of fused-ring (bicyclic) bond motifs is 1.